The summed E-state index contributed by atoms with van der Waals surface area (Å²) < 4.78 is 18.5. The Hall–Kier alpha value is -2.92. The van der Waals surface area contributed by atoms with Gasteiger partial charge >= 0.3 is 0 Å². The zero-order valence-electron chi connectivity index (χ0n) is 16.5. The fourth-order valence-electron chi connectivity index (χ4n) is 3.87. The van der Waals surface area contributed by atoms with Crippen molar-refractivity contribution < 1.29 is 13.9 Å². The Kier molecular flexibility index (Phi) is 5.76. The van der Waals surface area contributed by atoms with Crippen molar-refractivity contribution in [3.05, 3.63) is 77.6 Å². The Balaban J connectivity index is 1.30. The topological polar surface area (TPSA) is 41.6 Å². The van der Waals surface area contributed by atoms with Gasteiger partial charge in [0.1, 0.15) is 11.6 Å². The van der Waals surface area contributed by atoms with Crippen LogP contribution in [0.1, 0.15) is 28.8 Å². The molecule has 3 aromatic rings. The Morgan fingerprint density at radius 1 is 1.03 bits per heavy atom. The fraction of sp³-hybridized carbons (Fsp3) is 0.292. The standard InChI is InChI=1S/C24H25FN2O2/c1-29-23-8-5-18(6-9-23)24(28)26-22-10-12-27(13-11-22)16-17-2-3-20-15-21(25)7-4-19(20)14-17/h2-9,14-15,22H,10-13,16H2,1H3,(H,26,28). The second-order valence-corrected chi connectivity index (χ2v) is 7.58. The van der Waals surface area contributed by atoms with Gasteiger partial charge in [-0.3, -0.25) is 9.69 Å². The van der Waals surface area contributed by atoms with Crippen molar-refractivity contribution >= 4 is 16.7 Å². The predicted octanol–water partition coefficient (Wildman–Crippen LogP) is 4.38. The van der Waals surface area contributed by atoms with E-state index in [0.717, 1.165) is 49.0 Å². The fourth-order valence-corrected chi connectivity index (χ4v) is 3.87. The van der Waals surface area contributed by atoms with Gasteiger partial charge < -0.3 is 10.1 Å². The average Bonchev–Trinajstić information content (AvgIpc) is 2.75. The minimum atomic E-state index is -0.205. The summed E-state index contributed by atoms with van der Waals surface area (Å²) in [6, 6.07) is 18.4. The van der Waals surface area contributed by atoms with E-state index in [0.29, 0.717) is 5.56 Å². The first-order chi connectivity index (χ1) is 14.1. The molecule has 0 atom stereocenters. The molecule has 0 saturated carbocycles. The van der Waals surface area contributed by atoms with Crippen molar-refractivity contribution in [2.75, 3.05) is 20.2 Å². The molecule has 0 bridgehead atoms. The molecule has 1 N–H and O–H groups in total. The van der Waals surface area contributed by atoms with E-state index in [1.165, 1.54) is 11.6 Å². The molecular weight excluding hydrogens is 367 g/mol. The first-order valence-electron chi connectivity index (χ1n) is 9.96. The minimum Gasteiger partial charge on any atom is -0.497 e. The van der Waals surface area contributed by atoms with Crippen LogP contribution in [0.4, 0.5) is 4.39 Å². The van der Waals surface area contributed by atoms with Gasteiger partial charge in [-0.05, 0) is 71.6 Å². The summed E-state index contributed by atoms with van der Waals surface area (Å²) in [6.07, 6.45) is 1.86. The lowest BCUT2D eigenvalue weighted by Gasteiger charge is -2.32. The van der Waals surface area contributed by atoms with E-state index in [2.05, 4.69) is 22.3 Å². The van der Waals surface area contributed by atoms with Crippen LogP contribution in [0, 0.1) is 5.82 Å². The quantitative estimate of drug-likeness (QED) is 0.701. The SMILES string of the molecule is COc1ccc(C(=O)NC2CCN(Cc3ccc4cc(F)ccc4c3)CC2)cc1. The van der Waals surface area contributed by atoms with Crippen LogP contribution in [0.15, 0.2) is 60.7 Å². The van der Waals surface area contributed by atoms with Gasteiger partial charge in [0.15, 0.2) is 0 Å². The van der Waals surface area contributed by atoms with E-state index in [4.69, 9.17) is 4.74 Å². The summed E-state index contributed by atoms with van der Waals surface area (Å²) in [4.78, 5) is 14.8. The molecule has 0 radical (unpaired) electrons. The van der Waals surface area contributed by atoms with Gasteiger partial charge in [-0.25, -0.2) is 4.39 Å². The lowest BCUT2D eigenvalue weighted by atomic mass is 10.0. The maximum Gasteiger partial charge on any atom is 0.251 e. The van der Waals surface area contributed by atoms with Crippen LogP contribution in [0.5, 0.6) is 5.75 Å². The zero-order chi connectivity index (χ0) is 20.2. The van der Waals surface area contributed by atoms with Crippen molar-refractivity contribution in [1.29, 1.82) is 0 Å². The largest absolute Gasteiger partial charge is 0.497 e. The number of piperidine rings is 1. The Morgan fingerprint density at radius 3 is 2.45 bits per heavy atom. The van der Waals surface area contributed by atoms with Gasteiger partial charge in [0.2, 0.25) is 0 Å². The predicted molar refractivity (Wildman–Crippen MR) is 113 cm³/mol. The minimum absolute atomic E-state index is 0.0344. The molecule has 4 nitrogen and oxygen atoms in total. The lowest BCUT2D eigenvalue weighted by Crippen LogP contribution is -2.44. The second kappa shape index (κ2) is 8.62. The van der Waals surface area contributed by atoms with Crippen LogP contribution in [-0.2, 0) is 6.54 Å². The van der Waals surface area contributed by atoms with Crippen LogP contribution in [-0.4, -0.2) is 37.0 Å². The van der Waals surface area contributed by atoms with E-state index in [1.54, 1.807) is 37.4 Å². The molecule has 1 amide bonds. The van der Waals surface area contributed by atoms with E-state index in [-0.39, 0.29) is 17.8 Å². The molecule has 0 unspecified atom stereocenters. The smallest absolute Gasteiger partial charge is 0.251 e. The number of benzene rings is 3. The molecule has 1 heterocycles. The molecule has 0 aromatic heterocycles. The number of carbonyl (C=O) groups is 1. The zero-order valence-corrected chi connectivity index (χ0v) is 16.5. The number of hydrogen-bond donors (Lipinski definition) is 1. The number of nitrogens with one attached hydrogen (secondary N) is 1. The Bertz CT molecular complexity index is 995. The summed E-state index contributed by atoms with van der Waals surface area (Å²) in [5.74, 6) is 0.505. The van der Waals surface area contributed by atoms with E-state index >= 15 is 0 Å². The van der Waals surface area contributed by atoms with Crippen molar-refractivity contribution in [2.45, 2.75) is 25.4 Å². The third-order valence-electron chi connectivity index (χ3n) is 5.55. The van der Waals surface area contributed by atoms with Crippen LogP contribution < -0.4 is 10.1 Å². The highest BCUT2D eigenvalue weighted by Crippen LogP contribution is 2.20. The summed E-state index contributed by atoms with van der Waals surface area (Å²) in [6.45, 7) is 2.75. The van der Waals surface area contributed by atoms with Gasteiger partial charge in [-0.15, -0.1) is 0 Å². The van der Waals surface area contributed by atoms with E-state index in [9.17, 15) is 9.18 Å². The van der Waals surface area contributed by atoms with Crippen molar-refractivity contribution in [3.8, 4) is 5.75 Å². The molecule has 150 valence electrons. The molecular formula is C24H25FN2O2. The molecule has 0 spiro atoms. The second-order valence-electron chi connectivity index (χ2n) is 7.58. The number of nitrogens with zero attached hydrogens (tertiary/aromatic N) is 1. The molecule has 29 heavy (non-hydrogen) atoms. The van der Waals surface area contributed by atoms with E-state index < -0.39 is 0 Å². The summed E-state index contributed by atoms with van der Waals surface area (Å²) in [7, 11) is 1.61. The molecule has 0 aliphatic carbocycles. The number of amides is 1. The molecule has 3 aromatic carbocycles. The van der Waals surface area contributed by atoms with Crippen molar-refractivity contribution in [2.24, 2.45) is 0 Å². The monoisotopic (exact) mass is 392 g/mol. The number of halogens is 1. The number of methoxy groups -OCH3 is 1. The molecule has 5 heteroatoms. The molecule has 1 saturated heterocycles. The maximum absolute atomic E-state index is 13.3. The van der Waals surface area contributed by atoms with E-state index in [1.807, 2.05) is 12.1 Å². The number of hydrogen-bond acceptors (Lipinski definition) is 3. The Morgan fingerprint density at radius 2 is 1.72 bits per heavy atom. The van der Waals surface area contributed by atoms with Gasteiger partial charge in [-0.1, -0.05) is 18.2 Å². The van der Waals surface area contributed by atoms with Crippen molar-refractivity contribution in [1.82, 2.24) is 10.2 Å². The van der Waals surface area contributed by atoms with Crippen LogP contribution in [0.3, 0.4) is 0 Å². The first kappa shape index (κ1) is 19.4. The van der Waals surface area contributed by atoms with Crippen LogP contribution >= 0.6 is 0 Å². The van der Waals surface area contributed by atoms with Gasteiger partial charge in [0, 0.05) is 31.2 Å². The summed E-state index contributed by atoms with van der Waals surface area (Å²) in [5, 5.41) is 5.13. The van der Waals surface area contributed by atoms with Crippen molar-refractivity contribution in [3.63, 3.8) is 0 Å². The first-order valence-corrected chi connectivity index (χ1v) is 9.96. The molecule has 4 rings (SSSR count). The van der Waals surface area contributed by atoms with Crippen LogP contribution in [0.25, 0.3) is 10.8 Å². The molecule has 1 aliphatic rings. The van der Waals surface area contributed by atoms with Gasteiger partial charge in [-0.2, -0.15) is 0 Å². The molecule has 1 aliphatic heterocycles. The number of rotatable bonds is 5. The molecule has 1 fully saturated rings. The third kappa shape index (κ3) is 4.74. The maximum atomic E-state index is 13.3. The van der Waals surface area contributed by atoms with Gasteiger partial charge in [0.25, 0.3) is 5.91 Å². The summed E-state index contributed by atoms with van der Waals surface area (Å²) >= 11 is 0. The summed E-state index contributed by atoms with van der Waals surface area (Å²) in [5.41, 5.74) is 1.88. The number of likely N-dealkylation sites (tertiary alicyclic amines) is 1. The number of carbonyl (C=O) groups excluding carboxylic acids is 1. The highest BCUT2D eigenvalue weighted by molar-refractivity contribution is 5.94. The number of fused-ring (bicyclic) bond motifs is 1. The van der Waals surface area contributed by atoms with Crippen LogP contribution in [0.2, 0.25) is 0 Å². The average molecular weight is 392 g/mol. The Labute approximate surface area is 170 Å². The van der Waals surface area contributed by atoms with Gasteiger partial charge in [0.05, 0.1) is 7.11 Å². The lowest BCUT2D eigenvalue weighted by molar-refractivity contribution is 0.0909. The highest BCUT2D eigenvalue weighted by atomic mass is 19.1. The highest BCUT2D eigenvalue weighted by Gasteiger charge is 2.21. The normalized spacial score (nSPS) is 15.4. The number of ether oxygens (including phenoxy) is 1. The third-order valence-corrected chi connectivity index (χ3v) is 5.55.